The van der Waals surface area contributed by atoms with E-state index < -0.39 is 18.1 Å². The number of nitrogens with one attached hydrogen (secondary N) is 1. The first-order valence-electron chi connectivity index (χ1n) is 8.37. The average Bonchev–Trinajstić information content (AvgIpc) is 2.67. The Morgan fingerprint density at radius 1 is 1.46 bits per heavy atom. The number of carbonyl (C=O) groups is 1. The van der Waals surface area contributed by atoms with Crippen LogP contribution in [-0.2, 0) is 5.54 Å². The highest BCUT2D eigenvalue weighted by Crippen LogP contribution is 2.38. The molecule has 0 bridgehead atoms. The minimum Gasteiger partial charge on any atom is -0.480 e. The van der Waals surface area contributed by atoms with Gasteiger partial charge in [0, 0.05) is 17.1 Å². The summed E-state index contributed by atoms with van der Waals surface area (Å²) in [6.07, 6.45) is 3.28. The molecular formula is C17H20FN7O2S. The number of anilines is 2. The number of aliphatic imine (C=N–C) groups is 1. The monoisotopic (exact) mass is 405 g/mol. The van der Waals surface area contributed by atoms with Gasteiger partial charge in [-0.15, -0.1) is 0 Å². The standard InChI is InChI=1S/C17H20FN7O2S/c1-17(6-10(7-18)28-16(20)25-17)11-5-9(3-4-21-11)23-15(26)13-14(19)24-12(27-2)8-22-13/h3-5,8,10H,6-7H2,1-2H3,(H2,19,24)(H2,20,25)(H,21,23,26)/t10-,17-/m0/s1. The molecule has 0 aliphatic carbocycles. The summed E-state index contributed by atoms with van der Waals surface area (Å²) in [5, 5.41) is 2.73. The minimum absolute atomic E-state index is 0.0285. The van der Waals surface area contributed by atoms with E-state index in [2.05, 4.69) is 25.3 Å². The molecule has 0 unspecified atom stereocenters. The van der Waals surface area contributed by atoms with Gasteiger partial charge in [0.1, 0.15) is 12.2 Å². The molecule has 0 saturated carbocycles. The van der Waals surface area contributed by atoms with Gasteiger partial charge in [0.2, 0.25) is 5.88 Å². The zero-order chi connectivity index (χ0) is 20.3. The molecule has 1 amide bonds. The van der Waals surface area contributed by atoms with Gasteiger partial charge in [-0.2, -0.15) is 4.98 Å². The van der Waals surface area contributed by atoms with Gasteiger partial charge in [-0.25, -0.2) is 14.4 Å². The molecule has 3 heterocycles. The lowest BCUT2D eigenvalue weighted by molar-refractivity contribution is 0.102. The Morgan fingerprint density at radius 2 is 2.25 bits per heavy atom. The number of thioether (sulfide) groups is 1. The van der Waals surface area contributed by atoms with Crippen LogP contribution in [0.1, 0.15) is 29.5 Å². The maximum atomic E-state index is 13.2. The number of aromatic nitrogens is 3. The number of rotatable bonds is 5. The number of hydrogen-bond acceptors (Lipinski definition) is 9. The molecule has 5 N–H and O–H groups in total. The summed E-state index contributed by atoms with van der Waals surface area (Å²) in [5.74, 6) is -0.370. The largest absolute Gasteiger partial charge is 0.480 e. The van der Waals surface area contributed by atoms with Crippen LogP contribution in [0.25, 0.3) is 0 Å². The average molecular weight is 405 g/mol. The number of nitrogens with two attached hydrogens (primary N) is 2. The molecule has 9 nitrogen and oxygen atoms in total. The molecular weight excluding hydrogens is 385 g/mol. The van der Waals surface area contributed by atoms with E-state index >= 15 is 0 Å². The molecule has 0 saturated heterocycles. The number of methoxy groups -OCH3 is 1. The van der Waals surface area contributed by atoms with Crippen LogP contribution >= 0.6 is 11.8 Å². The third kappa shape index (κ3) is 4.14. The number of hydrogen-bond donors (Lipinski definition) is 3. The summed E-state index contributed by atoms with van der Waals surface area (Å²) >= 11 is 1.22. The molecule has 28 heavy (non-hydrogen) atoms. The lowest BCUT2D eigenvalue weighted by Gasteiger charge is -2.32. The van der Waals surface area contributed by atoms with Crippen molar-refractivity contribution in [1.29, 1.82) is 0 Å². The number of ether oxygens (including phenoxy) is 1. The molecule has 3 rings (SSSR count). The van der Waals surface area contributed by atoms with Gasteiger partial charge in [0.15, 0.2) is 16.7 Å². The Morgan fingerprint density at radius 3 is 2.93 bits per heavy atom. The number of nitrogens with zero attached hydrogens (tertiary/aromatic N) is 4. The van der Waals surface area contributed by atoms with Gasteiger partial charge < -0.3 is 21.5 Å². The van der Waals surface area contributed by atoms with Crippen molar-refractivity contribution in [2.75, 3.05) is 24.8 Å². The zero-order valence-corrected chi connectivity index (χ0v) is 16.2. The van der Waals surface area contributed by atoms with E-state index in [1.54, 1.807) is 12.1 Å². The quantitative estimate of drug-likeness (QED) is 0.683. The van der Waals surface area contributed by atoms with E-state index in [1.807, 2.05) is 6.92 Å². The first-order chi connectivity index (χ1) is 13.3. The first-order valence-corrected chi connectivity index (χ1v) is 9.25. The second kappa shape index (κ2) is 7.97. The topological polar surface area (TPSA) is 141 Å². The van der Waals surface area contributed by atoms with Crippen molar-refractivity contribution in [3.05, 3.63) is 35.9 Å². The fourth-order valence-electron chi connectivity index (χ4n) is 2.87. The first kappa shape index (κ1) is 19.8. The summed E-state index contributed by atoms with van der Waals surface area (Å²) in [7, 11) is 1.43. The number of amidine groups is 1. The number of amides is 1. The Hall–Kier alpha value is -2.95. The highest BCUT2D eigenvalue weighted by molar-refractivity contribution is 8.14. The van der Waals surface area contributed by atoms with E-state index in [9.17, 15) is 9.18 Å². The van der Waals surface area contributed by atoms with E-state index in [-0.39, 0.29) is 22.6 Å². The van der Waals surface area contributed by atoms with Gasteiger partial charge in [0.25, 0.3) is 5.91 Å². The second-order valence-electron chi connectivity index (χ2n) is 6.35. The lowest BCUT2D eigenvalue weighted by atomic mass is 9.91. The Labute approximate surface area is 165 Å². The summed E-state index contributed by atoms with van der Waals surface area (Å²) in [6.45, 7) is 1.32. The van der Waals surface area contributed by atoms with E-state index in [1.165, 1.54) is 31.3 Å². The summed E-state index contributed by atoms with van der Waals surface area (Å²) in [4.78, 5) is 29.2. The molecule has 0 radical (unpaired) electrons. The van der Waals surface area contributed by atoms with E-state index in [0.29, 0.717) is 23.0 Å². The number of pyridine rings is 1. The van der Waals surface area contributed by atoms with Crippen molar-refractivity contribution < 1.29 is 13.9 Å². The van der Waals surface area contributed by atoms with Crippen molar-refractivity contribution in [2.24, 2.45) is 10.7 Å². The molecule has 2 atom stereocenters. The molecule has 2 aromatic heterocycles. The maximum Gasteiger partial charge on any atom is 0.278 e. The summed E-state index contributed by atoms with van der Waals surface area (Å²) in [5.41, 5.74) is 11.9. The molecule has 11 heteroatoms. The van der Waals surface area contributed by atoms with Crippen LogP contribution < -0.4 is 21.5 Å². The summed E-state index contributed by atoms with van der Waals surface area (Å²) < 4.78 is 18.1. The highest BCUT2D eigenvalue weighted by Gasteiger charge is 2.36. The molecule has 1 aliphatic rings. The number of nitrogen functional groups attached to an aromatic ring is 1. The minimum atomic E-state index is -0.786. The van der Waals surface area contributed by atoms with E-state index in [4.69, 9.17) is 16.2 Å². The van der Waals surface area contributed by atoms with Crippen molar-refractivity contribution in [3.63, 3.8) is 0 Å². The Balaban J connectivity index is 1.84. The van der Waals surface area contributed by atoms with Crippen LogP contribution in [-0.4, -0.2) is 45.1 Å². The fourth-order valence-corrected chi connectivity index (χ4v) is 3.94. The molecule has 0 fully saturated rings. The third-order valence-electron chi connectivity index (χ3n) is 4.21. The smallest absolute Gasteiger partial charge is 0.278 e. The SMILES string of the molecule is COc1cnc(C(=O)Nc2ccnc([C@]3(C)C[C@@H](CF)SC(N)=N3)c2)c(N)n1. The molecule has 0 aromatic carbocycles. The van der Waals surface area contributed by atoms with Gasteiger partial charge >= 0.3 is 0 Å². The van der Waals surface area contributed by atoms with Crippen LogP contribution in [0.15, 0.2) is 29.5 Å². The zero-order valence-electron chi connectivity index (χ0n) is 15.3. The molecule has 2 aromatic rings. The van der Waals surface area contributed by atoms with Crippen LogP contribution in [0.5, 0.6) is 5.88 Å². The van der Waals surface area contributed by atoms with E-state index in [0.717, 1.165) is 0 Å². The van der Waals surface area contributed by atoms with Crippen molar-refractivity contribution in [1.82, 2.24) is 15.0 Å². The lowest BCUT2D eigenvalue weighted by Crippen LogP contribution is -2.35. The highest BCUT2D eigenvalue weighted by atomic mass is 32.2. The molecule has 148 valence electrons. The van der Waals surface area contributed by atoms with Crippen LogP contribution in [0.2, 0.25) is 0 Å². The number of halogens is 1. The van der Waals surface area contributed by atoms with Gasteiger partial charge in [0.05, 0.1) is 19.0 Å². The van der Waals surface area contributed by atoms with Crippen molar-refractivity contribution in [3.8, 4) is 5.88 Å². The van der Waals surface area contributed by atoms with Crippen LogP contribution in [0.4, 0.5) is 15.9 Å². The number of alkyl halides is 1. The molecule has 0 spiro atoms. The fraction of sp³-hybridized carbons (Fsp3) is 0.353. The predicted molar refractivity (Wildman–Crippen MR) is 106 cm³/mol. The number of carbonyl (C=O) groups excluding carboxylic acids is 1. The third-order valence-corrected chi connectivity index (χ3v) is 5.17. The Bertz CT molecular complexity index is 926. The second-order valence-corrected chi connectivity index (χ2v) is 7.67. The molecule has 1 aliphatic heterocycles. The van der Waals surface area contributed by atoms with Gasteiger partial charge in [-0.05, 0) is 25.5 Å². The normalized spacial score (nSPS) is 21.7. The Kier molecular flexibility index (Phi) is 5.63. The van der Waals surface area contributed by atoms with Gasteiger partial charge in [-0.3, -0.25) is 9.78 Å². The van der Waals surface area contributed by atoms with Crippen molar-refractivity contribution >= 4 is 34.3 Å². The van der Waals surface area contributed by atoms with Crippen LogP contribution in [0, 0.1) is 0 Å². The maximum absolute atomic E-state index is 13.2. The van der Waals surface area contributed by atoms with Gasteiger partial charge in [-0.1, -0.05) is 11.8 Å². The van der Waals surface area contributed by atoms with Crippen molar-refractivity contribution in [2.45, 2.75) is 24.1 Å². The van der Waals surface area contributed by atoms with Crippen LogP contribution in [0.3, 0.4) is 0 Å². The predicted octanol–water partition coefficient (Wildman–Crippen LogP) is 1.72. The summed E-state index contributed by atoms with van der Waals surface area (Å²) in [6, 6.07) is 3.29.